The van der Waals surface area contributed by atoms with Gasteiger partial charge in [0, 0.05) is 31.2 Å². The minimum Gasteiger partial charge on any atom is -0.212 e. The average Bonchev–Trinajstić information content (AvgIpc) is 2.53. The summed E-state index contributed by atoms with van der Waals surface area (Å²) in [6, 6.07) is 6.09. The van der Waals surface area contributed by atoms with Crippen LogP contribution >= 0.6 is 11.6 Å². The monoisotopic (exact) mass is 380 g/mol. The van der Waals surface area contributed by atoms with Gasteiger partial charge < -0.3 is 0 Å². The molecule has 0 aromatic heterocycles. The molecule has 0 aliphatic carbocycles. The molecule has 0 radical (unpaired) electrons. The van der Waals surface area contributed by atoms with Crippen LogP contribution in [0.25, 0.3) is 0 Å². The third-order valence-electron chi connectivity index (χ3n) is 3.78. The Hall–Kier alpha value is -0.670. The van der Waals surface area contributed by atoms with E-state index in [1.54, 1.807) is 12.1 Å². The number of hydrogen-bond acceptors (Lipinski definition) is 4. The number of rotatable bonds is 6. The second-order valence-corrected chi connectivity index (χ2v) is 9.89. The molecule has 1 heterocycles. The van der Waals surface area contributed by atoms with Gasteiger partial charge in [-0.15, -0.1) is 0 Å². The Balaban J connectivity index is 2.07. The van der Waals surface area contributed by atoms with E-state index in [0.717, 1.165) is 6.42 Å². The molecule has 9 heteroatoms. The van der Waals surface area contributed by atoms with Crippen LogP contribution in [0.4, 0.5) is 0 Å². The Morgan fingerprint density at radius 3 is 2.22 bits per heavy atom. The van der Waals surface area contributed by atoms with Crippen molar-refractivity contribution in [2.75, 3.05) is 31.9 Å². The summed E-state index contributed by atoms with van der Waals surface area (Å²) in [5, 5.41) is 0.354. The van der Waals surface area contributed by atoms with E-state index in [1.807, 2.05) is 6.92 Å². The summed E-state index contributed by atoms with van der Waals surface area (Å²) in [5.41, 5.74) is 0. The molecule has 1 saturated heterocycles. The van der Waals surface area contributed by atoms with Gasteiger partial charge in [-0.05, 0) is 24.6 Å². The Bertz CT molecular complexity index is 742. The van der Waals surface area contributed by atoms with Crippen LogP contribution in [0.2, 0.25) is 5.02 Å². The fourth-order valence-corrected chi connectivity index (χ4v) is 5.78. The molecule has 0 saturated carbocycles. The summed E-state index contributed by atoms with van der Waals surface area (Å²) in [5.74, 6) is 0.116. The molecule has 1 aromatic carbocycles. The Labute approximate surface area is 143 Å². The quantitative estimate of drug-likeness (QED) is 0.753. The van der Waals surface area contributed by atoms with E-state index in [0.29, 0.717) is 11.4 Å². The van der Waals surface area contributed by atoms with Gasteiger partial charge in [0.1, 0.15) is 0 Å². The topological polar surface area (TPSA) is 74.8 Å². The summed E-state index contributed by atoms with van der Waals surface area (Å²) in [6.45, 7) is 2.61. The zero-order valence-corrected chi connectivity index (χ0v) is 15.4. The molecule has 0 atom stereocenters. The highest BCUT2D eigenvalue weighted by Crippen LogP contribution is 2.21. The van der Waals surface area contributed by atoms with Crippen molar-refractivity contribution < 1.29 is 16.8 Å². The lowest BCUT2D eigenvalue weighted by Gasteiger charge is -2.33. The highest BCUT2D eigenvalue weighted by atomic mass is 35.5. The van der Waals surface area contributed by atoms with Gasteiger partial charge in [-0.2, -0.15) is 8.61 Å². The van der Waals surface area contributed by atoms with E-state index in [1.165, 1.54) is 20.7 Å². The second kappa shape index (κ2) is 7.48. The zero-order valence-electron chi connectivity index (χ0n) is 13.0. The molecule has 0 spiro atoms. The van der Waals surface area contributed by atoms with Crippen LogP contribution in [0.1, 0.15) is 19.8 Å². The van der Waals surface area contributed by atoms with Crippen molar-refractivity contribution in [3.05, 3.63) is 29.3 Å². The number of piperazine rings is 1. The predicted molar refractivity (Wildman–Crippen MR) is 90.5 cm³/mol. The van der Waals surface area contributed by atoms with E-state index in [4.69, 9.17) is 11.6 Å². The number of benzene rings is 1. The number of halogens is 1. The van der Waals surface area contributed by atoms with Gasteiger partial charge in [-0.25, -0.2) is 16.8 Å². The van der Waals surface area contributed by atoms with E-state index in [-0.39, 0.29) is 36.8 Å². The van der Waals surface area contributed by atoms with Crippen molar-refractivity contribution in [2.45, 2.75) is 24.7 Å². The average molecular weight is 381 g/mol. The molecule has 0 N–H and O–H groups in total. The van der Waals surface area contributed by atoms with Gasteiger partial charge in [0.15, 0.2) is 0 Å². The normalized spacial score (nSPS) is 18.2. The summed E-state index contributed by atoms with van der Waals surface area (Å²) in [6.07, 6.45) is 1.42. The molecule has 0 unspecified atom stereocenters. The van der Waals surface area contributed by atoms with Crippen LogP contribution in [-0.2, 0) is 20.0 Å². The first-order valence-electron chi connectivity index (χ1n) is 7.51. The van der Waals surface area contributed by atoms with Crippen molar-refractivity contribution in [1.29, 1.82) is 0 Å². The third-order valence-corrected chi connectivity index (χ3v) is 7.87. The maximum absolute atomic E-state index is 12.6. The minimum absolute atomic E-state index is 0.116. The van der Waals surface area contributed by atoms with E-state index >= 15 is 0 Å². The summed E-state index contributed by atoms with van der Waals surface area (Å²) >= 11 is 5.85. The zero-order chi connectivity index (χ0) is 17.1. The van der Waals surface area contributed by atoms with Crippen molar-refractivity contribution in [2.24, 2.45) is 0 Å². The molecule has 0 bridgehead atoms. The number of sulfonamides is 2. The smallest absolute Gasteiger partial charge is 0.212 e. The molecule has 1 aliphatic heterocycles. The van der Waals surface area contributed by atoms with Gasteiger partial charge in [0.2, 0.25) is 20.0 Å². The minimum atomic E-state index is -3.64. The summed E-state index contributed by atoms with van der Waals surface area (Å²) < 4.78 is 52.1. The lowest BCUT2D eigenvalue weighted by molar-refractivity contribution is 0.272. The van der Waals surface area contributed by atoms with Crippen LogP contribution in [0.3, 0.4) is 0 Å². The standard InChI is InChI=1S/C14H21ClN2O4S2/c1-2-3-11-22(18,19)16-7-9-17(10-8-16)23(20,21)14-6-4-5-13(15)12-14/h4-6,12H,2-3,7-11H2,1H3. The van der Waals surface area contributed by atoms with Crippen LogP contribution in [0, 0.1) is 0 Å². The molecular weight excluding hydrogens is 360 g/mol. The summed E-state index contributed by atoms with van der Waals surface area (Å²) in [7, 11) is -6.94. The lowest BCUT2D eigenvalue weighted by atomic mass is 10.4. The molecule has 23 heavy (non-hydrogen) atoms. The molecule has 1 aromatic rings. The molecule has 6 nitrogen and oxygen atoms in total. The van der Waals surface area contributed by atoms with Crippen LogP contribution in [-0.4, -0.2) is 57.4 Å². The molecule has 0 amide bonds. The van der Waals surface area contributed by atoms with Crippen LogP contribution in [0.15, 0.2) is 29.2 Å². The molecule has 1 fully saturated rings. The SMILES string of the molecule is CCCCS(=O)(=O)N1CCN(S(=O)(=O)c2cccc(Cl)c2)CC1. The fourth-order valence-electron chi connectivity index (χ4n) is 2.42. The number of nitrogens with zero attached hydrogens (tertiary/aromatic N) is 2. The third kappa shape index (κ3) is 4.45. The van der Waals surface area contributed by atoms with E-state index < -0.39 is 20.0 Å². The maximum Gasteiger partial charge on any atom is 0.243 e. The summed E-state index contributed by atoms with van der Waals surface area (Å²) in [4.78, 5) is 0.132. The Morgan fingerprint density at radius 2 is 1.65 bits per heavy atom. The second-order valence-electron chi connectivity index (χ2n) is 5.43. The van der Waals surface area contributed by atoms with Gasteiger partial charge in [0.05, 0.1) is 10.6 Å². The number of hydrogen-bond donors (Lipinski definition) is 0. The van der Waals surface area contributed by atoms with Gasteiger partial charge in [-0.1, -0.05) is 31.0 Å². The first-order chi connectivity index (χ1) is 10.8. The first-order valence-corrected chi connectivity index (χ1v) is 10.9. The van der Waals surface area contributed by atoms with Crippen molar-refractivity contribution in [3.8, 4) is 0 Å². The van der Waals surface area contributed by atoms with Crippen molar-refractivity contribution in [1.82, 2.24) is 8.61 Å². The van der Waals surface area contributed by atoms with Gasteiger partial charge >= 0.3 is 0 Å². The Kier molecular flexibility index (Phi) is 6.07. The lowest BCUT2D eigenvalue weighted by Crippen LogP contribution is -2.50. The molecule has 130 valence electrons. The highest BCUT2D eigenvalue weighted by molar-refractivity contribution is 7.89. The Morgan fingerprint density at radius 1 is 1.04 bits per heavy atom. The van der Waals surface area contributed by atoms with Crippen molar-refractivity contribution in [3.63, 3.8) is 0 Å². The molecule has 2 rings (SSSR count). The number of unbranched alkanes of at least 4 members (excludes halogenated alkanes) is 1. The van der Waals surface area contributed by atoms with E-state index in [9.17, 15) is 16.8 Å². The van der Waals surface area contributed by atoms with Gasteiger partial charge in [-0.3, -0.25) is 0 Å². The van der Waals surface area contributed by atoms with Gasteiger partial charge in [0.25, 0.3) is 0 Å². The van der Waals surface area contributed by atoms with Crippen LogP contribution < -0.4 is 0 Å². The first kappa shape index (κ1) is 18.7. The largest absolute Gasteiger partial charge is 0.243 e. The van der Waals surface area contributed by atoms with Crippen LogP contribution in [0.5, 0.6) is 0 Å². The predicted octanol–water partition coefficient (Wildman–Crippen LogP) is 1.78. The fraction of sp³-hybridized carbons (Fsp3) is 0.571. The van der Waals surface area contributed by atoms with Crippen molar-refractivity contribution >= 4 is 31.6 Å². The molecule has 1 aliphatic rings. The molecular formula is C14H21ClN2O4S2. The van der Waals surface area contributed by atoms with E-state index in [2.05, 4.69) is 0 Å². The maximum atomic E-state index is 12.6. The highest BCUT2D eigenvalue weighted by Gasteiger charge is 2.32.